The van der Waals surface area contributed by atoms with Gasteiger partial charge in [0, 0.05) is 38.3 Å². The van der Waals surface area contributed by atoms with Crippen molar-refractivity contribution in [2.75, 3.05) is 39.3 Å². The third kappa shape index (κ3) is 4.24. The van der Waals surface area contributed by atoms with Crippen LogP contribution in [-0.4, -0.2) is 54.2 Å². The summed E-state index contributed by atoms with van der Waals surface area (Å²) < 4.78 is 13.4. The van der Waals surface area contributed by atoms with Gasteiger partial charge in [0.15, 0.2) is 0 Å². The second-order valence-electron chi connectivity index (χ2n) is 5.32. The van der Waals surface area contributed by atoms with E-state index >= 15 is 0 Å². The summed E-state index contributed by atoms with van der Waals surface area (Å²) in [6, 6.07) is 5.21. The number of β-amino-alcohol motifs (C(OH)–C–C–N with tert-alkyl or cyclic N) is 1. The molecule has 0 amide bonds. The standard InChI is InChI=1S/C15H24FN3O/c16-15-3-2-13(10-14(15)11-17)12-19-5-1-4-18(6-7-19)8-9-20/h2-3,10,20H,1,4-9,11-12,17H2. The van der Waals surface area contributed by atoms with Crippen molar-refractivity contribution in [2.24, 2.45) is 5.73 Å². The van der Waals surface area contributed by atoms with E-state index in [0.717, 1.165) is 51.3 Å². The van der Waals surface area contributed by atoms with Gasteiger partial charge in [0.05, 0.1) is 6.61 Å². The summed E-state index contributed by atoms with van der Waals surface area (Å²) in [5.74, 6) is -0.221. The average molecular weight is 281 g/mol. The number of rotatable bonds is 5. The molecule has 5 heteroatoms. The van der Waals surface area contributed by atoms with E-state index in [1.165, 1.54) is 6.07 Å². The van der Waals surface area contributed by atoms with Crippen LogP contribution in [0, 0.1) is 5.82 Å². The molecule has 0 bridgehead atoms. The molecule has 1 aromatic rings. The van der Waals surface area contributed by atoms with Crippen LogP contribution in [0.2, 0.25) is 0 Å². The Labute approximate surface area is 120 Å². The van der Waals surface area contributed by atoms with Crippen molar-refractivity contribution in [2.45, 2.75) is 19.5 Å². The molecule has 20 heavy (non-hydrogen) atoms. The Morgan fingerprint density at radius 1 is 1.15 bits per heavy atom. The second kappa shape index (κ2) is 7.69. The molecule has 1 saturated heterocycles. The largest absolute Gasteiger partial charge is 0.395 e. The lowest BCUT2D eigenvalue weighted by Crippen LogP contribution is -2.32. The number of nitrogens with zero attached hydrogens (tertiary/aromatic N) is 2. The Morgan fingerprint density at radius 3 is 2.65 bits per heavy atom. The fraction of sp³-hybridized carbons (Fsp3) is 0.600. The predicted molar refractivity (Wildman–Crippen MR) is 77.7 cm³/mol. The number of hydrogen-bond donors (Lipinski definition) is 2. The molecule has 3 N–H and O–H groups in total. The van der Waals surface area contributed by atoms with Crippen molar-refractivity contribution in [1.82, 2.24) is 9.80 Å². The van der Waals surface area contributed by atoms with Crippen LogP contribution in [0.5, 0.6) is 0 Å². The monoisotopic (exact) mass is 281 g/mol. The highest BCUT2D eigenvalue weighted by Crippen LogP contribution is 2.13. The van der Waals surface area contributed by atoms with Crippen molar-refractivity contribution >= 4 is 0 Å². The van der Waals surface area contributed by atoms with Crippen molar-refractivity contribution in [3.63, 3.8) is 0 Å². The van der Waals surface area contributed by atoms with Crippen molar-refractivity contribution in [1.29, 1.82) is 0 Å². The van der Waals surface area contributed by atoms with Crippen molar-refractivity contribution < 1.29 is 9.50 Å². The second-order valence-corrected chi connectivity index (χ2v) is 5.32. The first-order chi connectivity index (χ1) is 9.72. The normalized spacial score (nSPS) is 18.1. The molecule has 0 aliphatic carbocycles. The molecule has 2 rings (SSSR count). The van der Waals surface area contributed by atoms with Crippen LogP contribution in [-0.2, 0) is 13.1 Å². The van der Waals surface area contributed by atoms with Crippen LogP contribution >= 0.6 is 0 Å². The van der Waals surface area contributed by atoms with Crippen LogP contribution < -0.4 is 5.73 Å². The Hall–Kier alpha value is -1.01. The van der Waals surface area contributed by atoms with Gasteiger partial charge in [-0.05, 0) is 31.1 Å². The van der Waals surface area contributed by atoms with Gasteiger partial charge in [-0.2, -0.15) is 0 Å². The van der Waals surface area contributed by atoms with Gasteiger partial charge in [0.25, 0.3) is 0 Å². The summed E-state index contributed by atoms with van der Waals surface area (Å²) in [5.41, 5.74) is 7.24. The van der Waals surface area contributed by atoms with Gasteiger partial charge in [-0.15, -0.1) is 0 Å². The molecule has 1 aliphatic heterocycles. The number of aliphatic hydroxyl groups excluding tert-OH is 1. The minimum absolute atomic E-state index is 0.220. The number of nitrogens with two attached hydrogens (primary N) is 1. The maximum atomic E-state index is 13.4. The highest BCUT2D eigenvalue weighted by atomic mass is 19.1. The third-order valence-corrected chi connectivity index (χ3v) is 3.83. The minimum atomic E-state index is -0.221. The van der Waals surface area contributed by atoms with Crippen LogP contribution in [0.15, 0.2) is 18.2 Å². The quantitative estimate of drug-likeness (QED) is 0.837. The van der Waals surface area contributed by atoms with E-state index < -0.39 is 0 Å². The van der Waals surface area contributed by atoms with E-state index in [4.69, 9.17) is 10.8 Å². The fourth-order valence-corrected chi connectivity index (χ4v) is 2.69. The fourth-order valence-electron chi connectivity index (χ4n) is 2.69. The molecule has 112 valence electrons. The van der Waals surface area contributed by atoms with E-state index in [2.05, 4.69) is 9.80 Å². The van der Waals surface area contributed by atoms with Gasteiger partial charge < -0.3 is 10.8 Å². The van der Waals surface area contributed by atoms with Crippen LogP contribution in [0.4, 0.5) is 4.39 Å². The molecule has 1 aromatic carbocycles. The Morgan fingerprint density at radius 2 is 1.90 bits per heavy atom. The Bertz CT molecular complexity index is 428. The summed E-state index contributed by atoms with van der Waals surface area (Å²) in [6.07, 6.45) is 1.10. The molecular weight excluding hydrogens is 257 g/mol. The highest BCUT2D eigenvalue weighted by molar-refractivity contribution is 5.25. The minimum Gasteiger partial charge on any atom is -0.395 e. The molecule has 0 atom stereocenters. The lowest BCUT2D eigenvalue weighted by atomic mass is 10.1. The summed E-state index contributed by atoms with van der Waals surface area (Å²) in [7, 11) is 0. The molecule has 0 spiro atoms. The topological polar surface area (TPSA) is 52.7 Å². The summed E-state index contributed by atoms with van der Waals surface area (Å²) in [6.45, 7) is 6.08. The lowest BCUT2D eigenvalue weighted by molar-refractivity contribution is 0.196. The third-order valence-electron chi connectivity index (χ3n) is 3.83. The molecular formula is C15H24FN3O. The molecule has 0 aromatic heterocycles. The number of halogens is 1. The van der Waals surface area contributed by atoms with Gasteiger partial charge >= 0.3 is 0 Å². The van der Waals surface area contributed by atoms with Gasteiger partial charge in [0.1, 0.15) is 5.82 Å². The van der Waals surface area contributed by atoms with Crippen LogP contribution in [0.3, 0.4) is 0 Å². The maximum absolute atomic E-state index is 13.4. The van der Waals surface area contributed by atoms with Crippen LogP contribution in [0.1, 0.15) is 17.5 Å². The summed E-state index contributed by atoms with van der Waals surface area (Å²) in [5, 5.41) is 8.99. The first kappa shape index (κ1) is 15.4. The molecule has 0 radical (unpaired) electrons. The highest BCUT2D eigenvalue weighted by Gasteiger charge is 2.14. The van der Waals surface area contributed by atoms with Gasteiger partial charge in [0.2, 0.25) is 0 Å². The van der Waals surface area contributed by atoms with Crippen molar-refractivity contribution in [3.05, 3.63) is 35.1 Å². The maximum Gasteiger partial charge on any atom is 0.127 e. The Balaban J connectivity index is 1.93. The number of benzene rings is 1. The zero-order valence-corrected chi connectivity index (χ0v) is 11.9. The zero-order chi connectivity index (χ0) is 14.4. The van der Waals surface area contributed by atoms with E-state index in [1.54, 1.807) is 0 Å². The lowest BCUT2D eigenvalue weighted by Gasteiger charge is -2.21. The number of aliphatic hydroxyl groups is 1. The molecule has 1 fully saturated rings. The van der Waals surface area contributed by atoms with Crippen molar-refractivity contribution in [3.8, 4) is 0 Å². The molecule has 1 heterocycles. The van der Waals surface area contributed by atoms with E-state index in [9.17, 15) is 4.39 Å². The SMILES string of the molecule is NCc1cc(CN2CCCN(CCO)CC2)ccc1F. The van der Waals surface area contributed by atoms with E-state index in [-0.39, 0.29) is 19.0 Å². The zero-order valence-electron chi connectivity index (χ0n) is 11.9. The van der Waals surface area contributed by atoms with Gasteiger partial charge in [-0.1, -0.05) is 12.1 Å². The van der Waals surface area contributed by atoms with E-state index in [1.807, 2.05) is 12.1 Å². The first-order valence-electron chi connectivity index (χ1n) is 7.26. The average Bonchev–Trinajstić information content (AvgIpc) is 2.67. The molecule has 0 saturated carbocycles. The molecule has 1 aliphatic rings. The smallest absolute Gasteiger partial charge is 0.127 e. The predicted octanol–water partition coefficient (Wildman–Crippen LogP) is 0.784. The molecule has 0 unspecified atom stereocenters. The van der Waals surface area contributed by atoms with Gasteiger partial charge in [-0.25, -0.2) is 4.39 Å². The summed E-state index contributed by atoms with van der Waals surface area (Å²) in [4.78, 5) is 4.67. The molecule has 4 nitrogen and oxygen atoms in total. The van der Waals surface area contributed by atoms with Crippen LogP contribution in [0.25, 0.3) is 0 Å². The van der Waals surface area contributed by atoms with E-state index in [0.29, 0.717) is 5.56 Å². The Kier molecular flexibility index (Phi) is 5.91. The summed E-state index contributed by atoms with van der Waals surface area (Å²) >= 11 is 0. The number of hydrogen-bond acceptors (Lipinski definition) is 4. The van der Waals surface area contributed by atoms with Gasteiger partial charge in [-0.3, -0.25) is 9.80 Å². The first-order valence-corrected chi connectivity index (χ1v) is 7.26.